The van der Waals surface area contributed by atoms with Crippen molar-refractivity contribution >= 4 is 15.7 Å². The number of sulfonamides is 1. The maximum Gasteiger partial charge on any atom is 0.273 e. The summed E-state index contributed by atoms with van der Waals surface area (Å²) in [5, 5.41) is 20.1. The number of aliphatic hydroxyl groups is 1. The summed E-state index contributed by atoms with van der Waals surface area (Å²) < 4.78 is 25.8. The molecule has 0 saturated heterocycles. The van der Waals surface area contributed by atoms with E-state index in [4.69, 9.17) is 0 Å². The van der Waals surface area contributed by atoms with E-state index >= 15 is 0 Å². The summed E-state index contributed by atoms with van der Waals surface area (Å²) in [6.07, 6.45) is 0.873. The Morgan fingerprint density at radius 1 is 1.38 bits per heavy atom. The SMILES string of the molecule is CN(CC1CC(O)C1)S(=O)(=O)Cc1ccccc1[N+](=O)[O-]. The zero-order valence-corrected chi connectivity index (χ0v) is 12.5. The predicted octanol–water partition coefficient (Wildman–Crippen LogP) is 1.13. The third-order valence-corrected chi connectivity index (χ3v) is 5.50. The van der Waals surface area contributed by atoms with Gasteiger partial charge in [-0.3, -0.25) is 10.1 Å². The molecule has 1 aromatic rings. The molecule has 2 rings (SSSR count). The van der Waals surface area contributed by atoms with Crippen molar-refractivity contribution in [2.45, 2.75) is 24.7 Å². The van der Waals surface area contributed by atoms with Crippen molar-refractivity contribution in [1.82, 2.24) is 4.31 Å². The monoisotopic (exact) mass is 314 g/mol. The highest BCUT2D eigenvalue weighted by atomic mass is 32.2. The van der Waals surface area contributed by atoms with Crippen LogP contribution in [0.3, 0.4) is 0 Å². The van der Waals surface area contributed by atoms with Gasteiger partial charge in [-0.1, -0.05) is 18.2 Å². The fourth-order valence-electron chi connectivity index (χ4n) is 2.44. The number of rotatable bonds is 6. The molecule has 116 valence electrons. The van der Waals surface area contributed by atoms with Crippen molar-refractivity contribution < 1.29 is 18.4 Å². The van der Waals surface area contributed by atoms with Gasteiger partial charge in [-0.2, -0.15) is 0 Å². The summed E-state index contributed by atoms with van der Waals surface area (Å²) in [6, 6.07) is 5.84. The average molecular weight is 314 g/mol. The molecule has 1 aliphatic carbocycles. The van der Waals surface area contributed by atoms with E-state index in [1.165, 1.54) is 29.6 Å². The minimum absolute atomic E-state index is 0.158. The van der Waals surface area contributed by atoms with Crippen molar-refractivity contribution in [3.05, 3.63) is 39.9 Å². The Labute approximate surface area is 123 Å². The quantitative estimate of drug-likeness (QED) is 0.626. The van der Waals surface area contributed by atoms with E-state index in [2.05, 4.69) is 0 Å². The van der Waals surface area contributed by atoms with E-state index in [0.29, 0.717) is 19.4 Å². The van der Waals surface area contributed by atoms with E-state index in [1.54, 1.807) is 6.07 Å². The summed E-state index contributed by atoms with van der Waals surface area (Å²) in [5.74, 6) is -0.235. The topological polar surface area (TPSA) is 101 Å². The van der Waals surface area contributed by atoms with Gasteiger partial charge in [0.2, 0.25) is 10.0 Å². The standard InChI is InChI=1S/C13H18N2O5S/c1-14(8-10-6-12(16)7-10)21(19,20)9-11-4-2-3-5-13(11)15(17)18/h2-5,10,12,16H,6-9H2,1H3. The van der Waals surface area contributed by atoms with Gasteiger partial charge < -0.3 is 5.11 Å². The summed E-state index contributed by atoms with van der Waals surface area (Å²) >= 11 is 0. The number of para-hydroxylation sites is 1. The molecule has 0 aromatic heterocycles. The summed E-state index contributed by atoms with van der Waals surface area (Å²) in [4.78, 5) is 10.3. The van der Waals surface area contributed by atoms with Gasteiger partial charge in [0.05, 0.1) is 16.8 Å². The highest BCUT2D eigenvalue weighted by molar-refractivity contribution is 7.88. The molecule has 8 heteroatoms. The molecule has 0 spiro atoms. The molecule has 21 heavy (non-hydrogen) atoms. The Morgan fingerprint density at radius 3 is 2.57 bits per heavy atom. The van der Waals surface area contributed by atoms with Gasteiger partial charge in [-0.25, -0.2) is 12.7 Å². The Bertz CT molecular complexity index is 625. The molecule has 1 N–H and O–H groups in total. The van der Waals surface area contributed by atoms with Crippen LogP contribution in [0.4, 0.5) is 5.69 Å². The summed E-state index contributed by atoms with van der Waals surface area (Å²) in [6.45, 7) is 0.333. The van der Waals surface area contributed by atoms with E-state index in [9.17, 15) is 23.6 Å². The first-order valence-electron chi connectivity index (χ1n) is 6.64. The zero-order valence-electron chi connectivity index (χ0n) is 11.7. The second-order valence-electron chi connectivity index (χ2n) is 5.41. The van der Waals surface area contributed by atoms with Gasteiger partial charge in [-0.15, -0.1) is 0 Å². The van der Waals surface area contributed by atoms with Crippen LogP contribution in [0.2, 0.25) is 0 Å². The van der Waals surface area contributed by atoms with Crippen LogP contribution in [0.15, 0.2) is 24.3 Å². The first-order chi connectivity index (χ1) is 9.79. The fraction of sp³-hybridized carbons (Fsp3) is 0.538. The molecule has 0 bridgehead atoms. The lowest BCUT2D eigenvalue weighted by molar-refractivity contribution is -0.385. The second kappa shape index (κ2) is 6.08. The minimum Gasteiger partial charge on any atom is -0.393 e. The smallest absolute Gasteiger partial charge is 0.273 e. The van der Waals surface area contributed by atoms with Crippen molar-refractivity contribution in [3.63, 3.8) is 0 Å². The van der Waals surface area contributed by atoms with Crippen molar-refractivity contribution in [2.75, 3.05) is 13.6 Å². The van der Waals surface area contributed by atoms with Crippen LogP contribution in [0.5, 0.6) is 0 Å². The van der Waals surface area contributed by atoms with Gasteiger partial charge in [0, 0.05) is 25.2 Å². The molecule has 0 aliphatic heterocycles. The Kier molecular flexibility index (Phi) is 4.60. The third-order valence-electron chi connectivity index (χ3n) is 3.73. The molecule has 0 heterocycles. The number of nitrogens with zero attached hydrogens (tertiary/aromatic N) is 2. The highest BCUT2D eigenvalue weighted by Crippen LogP contribution is 2.29. The van der Waals surface area contributed by atoms with E-state index < -0.39 is 20.7 Å². The summed E-state index contributed by atoms with van der Waals surface area (Å²) in [7, 11) is -2.14. The van der Waals surface area contributed by atoms with Gasteiger partial charge in [0.15, 0.2) is 0 Å². The second-order valence-corrected chi connectivity index (χ2v) is 7.49. The maximum atomic E-state index is 12.3. The first-order valence-corrected chi connectivity index (χ1v) is 8.25. The number of hydrogen-bond donors (Lipinski definition) is 1. The molecule has 1 saturated carbocycles. The minimum atomic E-state index is -3.61. The molecule has 1 aliphatic rings. The number of aliphatic hydroxyl groups excluding tert-OH is 1. The zero-order chi connectivity index (χ0) is 15.6. The molecule has 1 fully saturated rings. The highest BCUT2D eigenvalue weighted by Gasteiger charge is 2.31. The van der Waals surface area contributed by atoms with Crippen LogP contribution < -0.4 is 0 Å². The number of nitro benzene ring substituents is 1. The summed E-state index contributed by atoms with van der Waals surface area (Å²) in [5.41, 5.74) is -0.00321. The molecule has 1 aromatic carbocycles. The van der Waals surface area contributed by atoms with Crippen molar-refractivity contribution in [3.8, 4) is 0 Å². The van der Waals surface area contributed by atoms with E-state index in [-0.39, 0.29) is 23.3 Å². The molecule has 0 amide bonds. The van der Waals surface area contributed by atoms with Crippen LogP contribution >= 0.6 is 0 Å². The lowest BCUT2D eigenvalue weighted by Crippen LogP contribution is -2.39. The largest absolute Gasteiger partial charge is 0.393 e. The predicted molar refractivity (Wildman–Crippen MR) is 77.1 cm³/mol. The maximum absolute atomic E-state index is 12.3. The van der Waals surface area contributed by atoms with Crippen LogP contribution in [0.25, 0.3) is 0 Å². The number of hydrogen-bond acceptors (Lipinski definition) is 5. The Balaban J connectivity index is 2.08. The van der Waals surface area contributed by atoms with Crippen LogP contribution in [0.1, 0.15) is 18.4 Å². The third kappa shape index (κ3) is 3.78. The van der Waals surface area contributed by atoms with Crippen molar-refractivity contribution in [2.24, 2.45) is 5.92 Å². The molecule has 0 unspecified atom stereocenters. The molecule has 0 radical (unpaired) electrons. The molecule has 7 nitrogen and oxygen atoms in total. The van der Waals surface area contributed by atoms with Crippen LogP contribution in [-0.2, 0) is 15.8 Å². The normalized spacial score (nSPS) is 22.0. The molecule has 0 atom stereocenters. The van der Waals surface area contributed by atoms with E-state index in [1.807, 2.05) is 0 Å². The number of nitro groups is 1. The first kappa shape index (κ1) is 15.9. The average Bonchev–Trinajstić information content (AvgIpc) is 2.36. The van der Waals surface area contributed by atoms with Crippen LogP contribution in [-0.4, -0.2) is 42.4 Å². The van der Waals surface area contributed by atoms with Gasteiger partial charge in [0.25, 0.3) is 5.69 Å². The van der Waals surface area contributed by atoms with Crippen LogP contribution in [0, 0.1) is 16.0 Å². The molecular weight excluding hydrogens is 296 g/mol. The Hall–Kier alpha value is -1.51. The van der Waals surface area contributed by atoms with Gasteiger partial charge in [0.1, 0.15) is 0 Å². The van der Waals surface area contributed by atoms with E-state index in [0.717, 1.165) is 0 Å². The lowest BCUT2D eigenvalue weighted by atomic mass is 9.82. The van der Waals surface area contributed by atoms with Crippen molar-refractivity contribution in [1.29, 1.82) is 0 Å². The lowest BCUT2D eigenvalue weighted by Gasteiger charge is -2.34. The van der Waals surface area contributed by atoms with Gasteiger partial charge in [-0.05, 0) is 18.8 Å². The number of benzene rings is 1. The molecular formula is C13H18N2O5S. The van der Waals surface area contributed by atoms with Gasteiger partial charge >= 0.3 is 0 Å². The fourth-order valence-corrected chi connectivity index (χ4v) is 3.74. The Morgan fingerprint density at radius 2 is 2.00 bits per heavy atom.